The molecule has 0 fully saturated rings. The number of carbonyl (C=O) groups is 1. The van der Waals surface area contributed by atoms with E-state index in [4.69, 9.17) is 5.11 Å². The Balaban J connectivity index is 0.00000133. The molecule has 0 amide bonds. The fourth-order valence-electron chi connectivity index (χ4n) is 2.13. The van der Waals surface area contributed by atoms with Crippen molar-refractivity contribution in [2.24, 2.45) is 0 Å². The standard InChI is InChI=1S/C15H11NO2.ClH/c17-15(18)11-3-1-2-10-5-7-14-13(8-9-16-14)12(10)6-4-11;/h1-9,16H,(H,17,18);1H/b2-1?,3-1?,6-4?,10-2-,11-3?,11-4?,12-6+;. The molecule has 3 rings (SSSR count). The van der Waals surface area contributed by atoms with Crippen LogP contribution >= 0.6 is 12.4 Å². The van der Waals surface area contributed by atoms with Crippen LogP contribution in [0.25, 0.3) is 23.1 Å². The number of allylic oxidation sites excluding steroid dienone is 2. The number of benzene rings is 1. The molecule has 0 aliphatic heterocycles. The molecule has 0 saturated carbocycles. The average molecular weight is 274 g/mol. The summed E-state index contributed by atoms with van der Waals surface area (Å²) in [6.45, 7) is 0. The predicted octanol–water partition coefficient (Wildman–Crippen LogP) is 1.73. The van der Waals surface area contributed by atoms with Gasteiger partial charge in [0.1, 0.15) is 0 Å². The summed E-state index contributed by atoms with van der Waals surface area (Å²) in [7, 11) is 0. The topological polar surface area (TPSA) is 53.1 Å². The highest BCUT2D eigenvalue weighted by Crippen LogP contribution is 2.06. The number of halogens is 1. The van der Waals surface area contributed by atoms with Gasteiger partial charge in [0.25, 0.3) is 0 Å². The fourth-order valence-corrected chi connectivity index (χ4v) is 2.13. The Bertz CT molecular complexity index is 812. The first-order valence-corrected chi connectivity index (χ1v) is 5.65. The maximum Gasteiger partial charge on any atom is 0.335 e. The van der Waals surface area contributed by atoms with E-state index in [0.29, 0.717) is 0 Å². The van der Waals surface area contributed by atoms with Gasteiger partial charge < -0.3 is 10.1 Å². The number of aromatic amines is 1. The molecular weight excluding hydrogens is 262 g/mol. The van der Waals surface area contributed by atoms with Crippen LogP contribution in [0.3, 0.4) is 0 Å². The molecule has 0 spiro atoms. The van der Waals surface area contributed by atoms with E-state index >= 15 is 0 Å². The summed E-state index contributed by atoms with van der Waals surface area (Å²) in [4.78, 5) is 14.1. The van der Waals surface area contributed by atoms with Gasteiger partial charge in [-0.1, -0.05) is 24.3 Å². The molecule has 1 aromatic heterocycles. The lowest BCUT2D eigenvalue weighted by atomic mass is 10.1. The average Bonchev–Trinajstić information content (AvgIpc) is 2.77. The van der Waals surface area contributed by atoms with Gasteiger partial charge in [0.2, 0.25) is 0 Å². The number of nitrogens with one attached hydrogen (secondary N) is 1. The molecule has 1 aromatic carbocycles. The minimum Gasteiger partial charge on any atom is -0.478 e. The van der Waals surface area contributed by atoms with Crippen LogP contribution in [0.5, 0.6) is 0 Å². The van der Waals surface area contributed by atoms with Crippen molar-refractivity contribution in [3.63, 3.8) is 0 Å². The second-order valence-electron chi connectivity index (χ2n) is 4.13. The first-order valence-electron chi connectivity index (χ1n) is 5.65. The summed E-state index contributed by atoms with van der Waals surface area (Å²) < 4.78 is 0. The molecule has 0 unspecified atom stereocenters. The summed E-state index contributed by atoms with van der Waals surface area (Å²) in [5, 5.41) is 12.2. The van der Waals surface area contributed by atoms with E-state index in [0.717, 1.165) is 21.3 Å². The summed E-state index contributed by atoms with van der Waals surface area (Å²) in [6.07, 6.45) is 10.7. The van der Waals surface area contributed by atoms with Gasteiger partial charge in [-0.3, -0.25) is 0 Å². The molecule has 2 N–H and O–H groups in total. The maximum atomic E-state index is 11.0. The molecule has 2 aromatic rings. The smallest absolute Gasteiger partial charge is 0.335 e. The van der Waals surface area contributed by atoms with Crippen LogP contribution in [-0.2, 0) is 4.79 Å². The third-order valence-corrected chi connectivity index (χ3v) is 3.04. The fraction of sp³-hybridized carbons (Fsp3) is 0. The SMILES string of the molecule is Cl.O=C(O)C1=C/C=c2\c(ccc3[nH]ccc23)=C/C=C1. The molecule has 1 aliphatic rings. The number of carboxylic acids is 1. The number of aromatic nitrogens is 1. The Kier molecular flexibility index (Phi) is 3.58. The van der Waals surface area contributed by atoms with Gasteiger partial charge in [0.15, 0.2) is 0 Å². The highest BCUT2D eigenvalue weighted by molar-refractivity contribution is 5.92. The Hall–Kier alpha value is -2.26. The number of hydrogen-bond donors (Lipinski definition) is 2. The maximum absolute atomic E-state index is 11.0. The van der Waals surface area contributed by atoms with Crippen molar-refractivity contribution in [2.75, 3.05) is 0 Å². The molecule has 96 valence electrons. The lowest BCUT2D eigenvalue weighted by Crippen LogP contribution is -2.24. The van der Waals surface area contributed by atoms with E-state index in [1.54, 1.807) is 18.2 Å². The van der Waals surface area contributed by atoms with Gasteiger partial charge >= 0.3 is 5.97 Å². The summed E-state index contributed by atoms with van der Waals surface area (Å²) in [6, 6.07) is 6.04. The Morgan fingerprint density at radius 2 is 1.95 bits per heavy atom. The van der Waals surface area contributed by atoms with Crippen molar-refractivity contribution >= 4 is 41.4 Å². The lowest BCUT2D eigenvalue weighted by molar-refractivity contribution is -0.132. The zero-order chi connectivity index (χ0) is 12.5. The number of hydrogen-bond acceptors (Lipinski definition) is 1. The highest BCUT2D eigenvalue weighted by Gasteiger charge is 2.03. The minimum atomic E-state index is -0.916. The number of rotatable bonds is 1. The van der Waals surface area contributed by atoms with E-state index in [1.165, 1.54) is 0 Å². The molecular formula is C15H12ClNO2. The Morgan fingerprint density at radius 3 is 2.74 bits per heavy atom. The normalized spacial score (nSPS) is 16.7. The summed E-state index contributed by atoms with van der Waals surface area (Å²) >= 11 is 0. The monoisotopic (exact) mass is 273 g/mol. The molecule has 4 heteroatoms. The van der Waals surface area contributed by atoms with E-state index in [9.17, 15) is 4.79 Å². The van der Waals surface area contributed by atoms with Crippen LogP contribution in [0.2, 0.25) is 0 Å². The van der Waals surface area contributed by atoms with Crippen LogP contribution in [0.15, 0.2) is 48.2 Å². The zero-order valence-electron chi connectivity index (χ0n) is 9.96. The summed E-state index contributed by atoms with van der Waals surface area (Å²) in [5.74, 6) is -0.916. The van der Waals surface area contributed by atoms with Gasteiger partial charge in [0.05, 0.1) is 5.57 Å². The predicted molar refractivity (Wildman–Crippen MR) is 78.6 cm³/mol. The van der Waals surface area contributed by atoms with Crippen LogP contribution in [0, 0.1) is 0 Å². The van der Waals surface area contributed by atoms with Crippen molar-refractivity contribution in [2.45, 2.75) is 0 Å². The molecule has 19 heavy (non-hydrogen) atoms. The number of fused-ring (bicyclic) bond motifs is 3. The third kappa shape index (κ3) is 2.33. The second-order valence-corrected chi connectivity index (χ2v) is 4.13. The summed E-state index contributed by atoms with van der Waals surface area (Å²) in [5.41, 5.74) is 1.33. The van der Waals surface area contributed by atoms with Gasteiger partial charge in [-0.05, 0) is 34.7 Å². The van der Waals surface area contributed by atoms with Gasteiger partial charge in [-0.15, -0.1) is 12.4 Å². The molecule has 1 heterocycles. The van der Waals surface area contributed by atoms with E-state index in [1.807, 2.05) is 36.5 Å². The van der Waals surface area contributed by atoms with Crippen molar-refractivity contribution in [1.29, 1.82) is 0 Å². The third-order valence-electron chi connectivity index (χ3n) is 3.04. The van der Waals surface area contributed by atoms with E-state index in [2.05, 4.69) is 4.98 Å². The van der Waals surface area contributed by atoms with Crippen LogP contribution in [0.4, 0.5) is 0 Å². The second kappa shape index (κ2) is 5.16. The Morgan fingerprint density at radius 1 is 1.11 bits per heavy atom. The first kappa shape index (κ1) is 13.2. The van der Waals surface area contributed by atoms with Gasteiger partial charge in [-0.25, -0.2) is 4.79 Å². The number of carboxylic acid groups (broad SMARTS) is 1. The Labute approximate surface area is 115 Å². The first-order chi connectivity index (χ1) is 8.75. The number of H-pyrrole nitrogens is 1. The molecule has 3 nitrogen and oxygen atoms in total. The van der Waals surface area contributed by atoms with Gasteiger partial charge in [0, 0.05) is 17.1 Å². The van der Waals surface area contributed by atoms with Crippen molar-refractivity contribution in [3.05, 3.63) is 58.6 Å². The zero-order valence-corrected chi connectivity index (χ0v) is 10.8. The largest absolute Gasteiger partial charge is 0.478 e. The van der Waals surface area contributed by atoms with Crippen LogP contribution in [-0.4, -0.2) is 16.1 Å². The molecule has 1 aliphatic carbocycles. The van der Waals surface area contributed by atoms with Crippen LogP contribution < -0.4 is 10.4 Å². The van der Waals surface area contributed by atoms with E-state index < -0.39 is 5.97 Å². The minimum absolute atomic E-state index is 0. The molecule has 0 saturated heterocycles. The quantitative estimate of drug-likeness (QED) is 0.831. The van der Waals surface area contributed by atoms with Crippen LogP contribution in [0.1, 0.15) is 0 Å². The van der Waals surface area contributed by atoms with E-state index in [-0.39, 0.29) is 18.0 Å². The molecule has 0 radical (unpaired) electrons. The highest BCUT2D eigenvalue weighted by atomic mass is 35.5. The van der Waals surface area contributed by atoms with Crippen molar-refractivity contribution < 1.29 is 9.90 Å². The van der Waals surface area contributed by atoms with Crippen molar-refractivity contribution in [3.8, 4) is 0 Å². The van der Waals surface area contributed by atoms with Crippen molar-refractivity contribution in [1.82, 2.24) is 4.98 Å². The lowest BCUT2D eigenvalue weighted by Gasteiger charge is -1.98. The molecule has 0 bridgehead atoms. The number of aliphatic carboxylic acids is 1. The van der Waals surface area contributed by atoms with Gasteiger partial charge in [-0.2, -0.15) is 0 Å². The molecule has 0 atom stereocenters.